The van der Waals surface area contributed by atoms with Gasteiger partial charge in [-0.15, -0.1) is 0 Å². The fraction of sp³-hybridized carbons (Fsp3) is 0.900. The standard InChI is InChI=1S/C10H20N2O3/c11-5-6-15-7-9(14)12-10(8-13)3-1-2-4-10/h13H,1-8,11H2,(H,12,14). The summed E-state index contributed by atoms with van der Waals surface area (Å²) < 4.78 is 5.03. The van der Waals surface area contributed by atoms with Crippen molar-refractivity contribution >= 4 is 5.91 Å². The third kappa shape index (κ3) is 3.77. The van der Waals surface area contributed by atoms with Gasteiger partial charge >= 0.3 is 0 Å². The molecule has 1 saturated carbocycles. The van der Waals surface area contributed by atoms with Gasteiger partial charge in [0.15, 0.2) is 0 Å². The number of ether oxygens (including phenoxy) is 1. The van der Waals surface area contributed by atoms with Crippen molar-refractivity contribution in [2.75, 3.05) is 26.4 Å². The Bertz CT molecular complexity index is 203. The summed E-state index contributed by atoms with van der Waals surface area (Å²) in [4.78, 5) is 11.4. The van der Waals surface area contributed by atoms with Crippen molar-refractivity contribution in [1.29, 1.82) is 0 Å². The number of aliphatic hydroxyl groups excluding tert-OH is 1. The van der Waals surface area contributed by atoms with E-state index in [1.54, 1.807) is 0 Å². The highest BCUT2D eigenvalue weighted by Crippen LogP contribution is 2.28. The van der Waals surface area contributed by atoms with E-state index in [9.17, 15) is 9.90 Å². The lowest BCUT2D eigenvalue weighted by molar-refractivity contribution is -0.128. The van der Waals surface area contributed by atoms with E-state index in [1.165, 1.54) is 0 Å². The summed E-state index contributed by atoms with van der Waals surface area (Å²) in [6.07, 6.45) is 3.83. The second kappa shape index (κ2) is 6.05. The Labute approximate surface area is 90.0 Å². The molecule has 1 aliphatic rings. The van der Waals surface area contributed by atoms with E-state index in [4.69, 9.17) is 10.5 Å². The van der Waals surface area contributed by atoms with Crippen LogP contribution in [-0.2, 0) is 9.53 Å². The van der Waals surface area contributed by atoms with Crippen LogP contribution in [0.2, 0.25) is 0 Å². The molecule has 0 bridgehead atoms. The van der Waals surface area contributed by atoms with Gasteiger partial charge in [0.2, 0.25) is 5.91 Å². The molecule has 15 heavy (non-hydrogen) atoms. The van der Waals surface area contributed by atoms with Crippen molar-refractivity contribution in [3.63, 3.8) is 0 Å². The van der Waals surface area contributed by atoms with Crippen LogP contribution in [0, 0.1) is 0 Å². The Morgan fingerprint density at radius 1 is 1.47 bits per heavy atom. The molecule has 0 atom stereocenters. The van der Waals surface area contributed by atoms with Crippen molar-refractivity contribution in [1.82, 2.24) is 5.32 Å². The second-order valence-corrected chi connectivity index (χ2v) is 4.03. The maximum absolute atomic E-state index is 11.4. The smallest absolute Gasteiger partial charge is 0.246 e. The average molecular weight is 216 g/mol. The van der Waals surface area contributed by atoms with Gasteiger partial charge in [-0.2, -0.15) is 0 Å². The normalized spacial score (nSPS) is 19.1. The summed E-state index contributed by atoms with van der Waals surface area (Å²) in [7, 11) is 0. The first-order valence-corrected chi connectivity index (χ1v) is 5.42. The minimum atomic E-state index is -0.400. The van der Waals surface area contributed by atoms with Crippen molar-refractivity contribution < 1.29 is 14.6 Å². The monoisotopic (exact) mass is 216 g/mol. The van der Waals surface area contributed by atoms with Gasteiger partial charge in [0.25, 0.3) is 0 Å². The van der Waals surface area contributed by atoms with Gasteiger partial charge in [-0.1, -0.05) is 12.8 Å². The molecule has 4 N–H and O–H groups in total. The van der Waals surface area contributed by atoms with Gasteiger partial charge in [-0.25, -0.2) is 0 Å². The number of carbonyl (C=O) groups is 1. The lowest BCUT2D eigenvalue weighted by Crippen LogP contribution is -2.50. The third-order valence-electron chi connectivity index (χ3n) is 2.76. The van der Waals surface area contributed by atoms with E-state index < -0.39 is 5.54 Å². The van der Waals surface area contributed by atoms with Crippen LogP contribution >= 0.6 is 0 Å². The fourth-order valence-corrected chi connectivity index (χ4v) is 1.95. The first-order chi connectivity index (χ1) is 7.22. The lowest BCUT2D eigenvalue weighted by atomic mass is 9.99. The number of hydrogen-bond donors (Lipinski definition) is 3. The Balaban J connectivity index is 2.28. The van der Waals surface area contributed by atoms with E-state index in [0.717, 1.165) is 25.7 Å². The SMILES string of the molecule is NCCOCC(=O)NC1(CO)CCCC1. The summed E-state index contributed by atoms with van der Waals surface area (Å²) in [6.45, 7) is 0.840. The average Bonchev–Trinajstić information content (AvgIpc) is 2.67. The van der Waals surface area contributed by atoms with E-state index in [-0.39, 0.29) is 19.1 Å². The minimum absolute atomic E-state index is 0.00955. The first kappa shape index (κ1) is 12.4. The second-order valence-electron chi connectivity index (χ2n) is 4.03. The summed E-state index contributed by atoms with van der Waals surface area (Å²) >= 11 is 0. The molecule has 1 fully saturated rings. The largest absolute Gasteiger partial charge is 0.394 e. The predicted octanol–water partition coefficient (Wildman–Crippen LogP) is -0.617. The number of amides is 1. The van der Waals surface area contributed by atoms with Crippen LogP contribution < -0.4 is 11.1 Å². The van der Waals surface area contributed by atoms with Crippen LogP contribution in [-0.4, -0.2) is 42.9 Å². The molecular formula is C10H20N2O3. The molecule has 88 valence electrons. The highest BCUT2D eigenvalue weighted by Gasteiger charge is 2.34. The number of aliphatic hydroxyl groups is 1. The quantitative estimate of drug-likeness (QED) is 0.517. The Hall–Kier alpha value is -0.650. The van der Waals surface area contributed by atoms with Crippen molar-refractivity contribution in [3.05, 3.63) is 0 Å². The Kier molecular flexibility index (Phi) is 5.01. The molecule has 5 nitrogen and oxygen atoms in total. The zero-order valence-electron chi connectivity index (χ0n) is 9.00. The topological polar surface area (TPSA) is 84.6 Å². The van der Waals surface area contributed by atoms with Gasteiger partial charge in [-0.3, -0.25) is 4.79 Å². The maximum Gasteiger partial charge on any atom is 0.246 e. The van der Waals surface area contributed by atoms with E-state index in [0.29, 0.717) is 13.2 Å². The molecule has 1 aliphatic carbocycles. The molecule has 0 aromatic carbocycles. The van der Waals surface area contributed by atoms with Crippen LogP contribution in [0.4, 0.5) is 0 Å². The summed E-state index contributed by atoms with van der Waals surface area (Å²) in [5.41, 5.74) is 4.83. The van der Waals surface area contributed by atoms with E-state index in [1.807, 2.05) is 0 Å². The highest BCUT2D eigenvalue weighted by atomic mass is 16.5. The maximum atomic E-state index is 11.4. The number of hydrogen-bond acceptors (Lipinski definition) is 4. The molecule has 0 spiro atoms. The van der Waals surface area contributed by atoms with Crippen LogP contribution in [0.5, 0.6) is 0 Å². The Morgan fingerprint density at radius 3 is 2.67 bits per heavy atom. The molecule has 1 rings (SSSR count). The van der Waals surface area contributed by atoms with Gasteiger partial charge in [0, 0.05) is 6.54 Å². The minimum Gasteiger partial charge on any atom is -0.394 e. The van der Waals surface area contributed by atoms with Crippen molar-refractivity contribution in [3.8, 4) is 0 Å². The first-order valence-electron chi connectivity index (χ1n) is 5.42. The molecule has 1 amide bonds. The van der Waals surface area contributed by atoms with E-state index in [2.05, 4.69) is 5.32 Å². The van der Waals surface area contributed by atoms with Gasteiger partial charge < -0.3 is 20.9 Å². The molecule has 0 aliphatic heterocycles. The molecule has 0 unspecified atom stereocenters. The third-order valence-corrected chi connectivity index (χ3v) is 2.76. The van der Waals surface area contributed by atoms with Crippen LogP contribution in [0.15, 0.2) is 0 Å². The van der Waals surface area contributed by atoms with E-state index >= 15 is 0 Å². The van der Waals surface area contributed by atoms with Gasteiger partial charge in [-0.05, 0) is 12.8 Å². The van der Waals surface area contributed by atoms with Gasteiger partial charge in [0.1, 0.15) is 6.61 Å². The zero-order valence-corrected chi connectivity index (χ0v) is 9.00. The van der Waals surface area contributed by atoms with Gasteiger partial charge in [0.05, 0.1) is 18.8 Å². The fourth-order valence-electron chi connectivity index (χ4n) is 1.95. The molecule has 0 aromatic rings. The molecule has 0 radical (unpaired) electrons. The molecule has 0 heterocycles. The molecule has 0 aromatic heterocycles. The van der Waals surface area contributed by atoms with Crippen LogP contribution in [0.1, 0.15) is 25.7 Å². The summed E-state index contributed by atoms with van der Waals surface area (Å²) in [6, 6.07) is 0. The number of rotatable bonds is 6. The molecular weight excluding hydrogens is 196 g/mol. The van der Waals surface area contributed by atoms with Crippen molar-refractivity contribution in [2.24, 2.45) is 5.73 Å². The number of nitrogens with two attached hydrogens (primary N) is 1. The zero-order chi connectivity index (χ0) is 11.1. The summed E-state index contributed by atoms with van der Waals surface area (Å²) in [5.74, 6) is -0.167. The highest BCUT2D eigenvalue weighted by molar-refractivity contribution is 5.78. The van der Waals surface area contributed by atoms with Crippen molar-refractivity contribution in [2.45, 2.75) is 31.2 Å². The number of nitrogens with one attached hydrogen (secondary N) is 1. The number of carbonyl (C=O) groups excluding carboxylic acids is 1. The molecule has 5 heteroatoms. The summed E-state index contributed by atoms with van der Waals surface area (Å²) in [5, 5.41) is 12.1. The molecule has 0 saturated heterocycles. The lowest BCUT2D eigenvalue weighted by Gasteiger charge is -2.27. The van der Waals surface area contributed by atoms with Crippen LogP contribution in [0.25, 0.3) is 0 Å². The predicted molar refractivity (Wildman–Crippen MR) is 56.3 cm³/mol. The Morgan fingerprint density at radius 2 is 2.13 bits per heavy atom. The van der Waals surface area contributed by atoms with Crippen LogP contribution in [0.3, 0.4) is 0 Å².